The molecule has 0 spiro atoms. The summed E-state index contributed by atoms with van der Waals surface area (Å²) in [6.07, 6.45) is 0. The number of hydrogen-bond acceptors (Lipinski definition) is 4. The average Bonchev–Trinajstić information content (AvgIpc) is 2.62. The van der Waals surface area contributed by atoms with Crippen LogP contribution < -0.4 is 5.32 Å². The van der Waals surface area contributed by atoms with Gasteiger partial charge in [-0.25, -0.2) is 0 Å². The van der Waals surface area contributed by atoms with Crippen LogP contribution >= 0.6 is 0 Å². The predicted octanol–water partition coefficient (Wildman–Crippen LogP) is 0.642. The Morgan fingerprint density at radius 2 is 2.11 bits per heavy atom. The molecule has 18 heavy (non-hydrogen) atoms. The van der Waals surface area contributed by atoms with Crippen molar-refractivity contribution in [3.63, 3.8) is 0 Å². The van der Waals surface area contributed by atoms with Crippen molar-refractivity contribution in [2.24, 2.45) is 0 Å². The molecule has 0 aliphatic carbocycles. The smallest absolute Gasteiger partial charge is 0.260 e. The number of rotatable bonds is 1. The first-order chi connectivity index (χ1) is 8.35. The molecule has 0 atom stereocenters. The van der Waals surface area contributed by atoms with Crippen molar-refractivity contribution >= 4 is 11.8 Å². The highest BCUT2D eigenvalue weighted by molar-refractivity contribution is 6.00. The first-order valence-electron chi connectivity index (χ1n) is 5.89. The lowest BCUT2D eigenvalue weighted by atomic mass is 9.97. The maximum atomic E-state index is 12.5. The van der Waals surface area contributed by atoms with E-state index in [0.717, 1.165) is 0 Å². The molecule has 98 valence electrons. The highest BCUT2D eigenvalue weighted by Crippen LogP contribution is 2.23. The standard InChI is InChI=1S/C12H17N3O3/c1-7-9(8(2)18-14-7)10(16)15-6-5-13-11(17)12(15,3)4/h5-6H2,1-4H3,(H,13,17). The SMILES string of the molecule is Cc1noc(C)c1C(=O)N1CCNC(=O)C1(C)C. The Morgan fingerprint density at radius 3 is 2.67 bits per heavy atom. The van der Waals surface area contributed by atoms with E-state index in [4.69, 9.17) is 4.52 Å². The number of piperazine rings is 1. The van der Waals surface area contributed by atoms with E-state index in [-0.39, 0.29) is 11.8 Å². The molecule has 1 aromatic heterocycles. The van der Waals surface area contributed by atoms with Crippen LogP contribution in [0.4, 0.5) is 0 Å². The molecule has 2 amide bonds. The van der Waals surface area contributed by atoms with Crippen LogP contribution in [0.2, 0.25) is 0 Å². The summed E-state index contributed by atoms with van der Waals surface area (Å²) in [6, 6.07) is 0. The van der Waals surface area contributed by atoms with Crippen LogP contribution in [-0.4, -0.2) is 40.5 Å². The molecule has 1 aliphatic rings. The molecule has 0 saturated carbocycles. The molecule has 1 fully saturated rings. The summed E-state index contributed by atoms with van der Waals surface area (Å²) in [7, 11) is 0. The lowest BCUT2D eigenvalue weighted by molar-refractivity contribution is -0.133. The zero-order valence-electron chi connectivity index (χ0n) is 11.0. The lowest BCUT2D eigenvalue weighted by Gasteiger charge is -2.41. The van der Waals surface area contributed by atoms with E-state index in [1.165, 1.54) is 0 Å². The van der Waals surface area contributed by atoms with Gasteiger partial charge in [0.15, 0.2) is 0 Å². The molecular formula is C12H17N3O3. The molecular weight excluding hydrogens is 234 g/mol. The van der Waals surface area contributed by atoms with E-state index in [1.54, 1.807) is 32.6 Å². The fraction of sp³-hybridized carbons (Fsp3) is 0.583. The Balaban J connectivity index is 2.37. The van der Waals surface area contributed by atoms with Gasteiger partial charge in [-0.3, -0.25) is 9.59 Å². The highest BCUT2D eigenvalue weighted by Gasteiger charge is 2.41. The molecule has 6 nitrogen and oxygen atoms in total. The van der Waals surface area contributed by atoms with E-state index in [1.807, 2.05) is 0 Å². The number of carbonyl (C=O) groups is 2. The molecule has 1 aliphatic heterocycles. The summed E-state index contributed by atoms with van der Waals surface area (Å²) in [5.41, 5.74) is 0.155. The minimum atomic E-state index is -0.856. The van der Waals surface area contributed by atoms with Gasteiger partial charge in [0.25, 0.3) is 5.91 Å². The molecule has 0 unspecified atom stereocenters. The van der Waals surface area contributed by atoms with Gasteiger partial charge in [0.05, 0.1) is 5.69 Å². The Kier molecular flexibility index (Phi) is 2.88. The Morgan fingerprint density at radius 1 is 1.44 bits per heavy atom. The number of aryl methyl sites for hydroxylation is 2. The summed E-state index contributed by atoms with van der Waals surface area (Å²) in [5, 5.41) is 6.54. The third kappa shape index (κ3) is 1.77. The van der Waals surface area contributed by atoms with Gasteiger partial charge < -0.3 is 14.7 Å². The van der Waals surface area contributed by atoms with Gasteiger partial charge in [-0.2, -0.15) is 0 Å². The fourth-order valence-corrected chi connectivity index (χ4v) is 2.18. The summed E-state index contributed by atoms with van der Waals surface area (Å²) in [5.74, 6) is 0.138. The Hall–Kier alpha value is -1.85. The number of nitrogens with zero attached hydrogens (tertiary/aromatic N) is 2. The molecule has 0 aromatic carbocycles. The first kappa shape index (κ1) is 12.6. The van der Waals surface area contributed by atoms with Crippen molar-refractivity contribution in [2.45, 2.75) is 33.2 Å². The number of amides is 2. The van der Waals surface area contributed by atoms with E-state index >= 15 is 0 Å². The van der Waals surface area contributed by atoms with Gasteiger partial charge in [0, 0.05) is 13.1 Å². The molecule has 0 radical (unpaired) electrons. The predicted molar refractivity (Wildman–Crippen MR) is 64.1 cm³/mol. The largest absolute Gasteiger partial charge is 0.361 e. The van der Waals surface area contributed by atoms with Crippen molar-refractivity contribution in [3.8, 4) is 0 Å². The van der Waals surface area contributed by atoms with E-state index < -0.39 is 5.54 Å². The third-order valence-electron chi connectivity index (χ3n) is 3.34. The van der Waals surface area contributed by atoms with Gasteiger partial charge in [0.2, 0.25) is 5.91 Å². The lowest BCUT2D eigenvalue weighted by Crippen LogP contribution is -2.63. The second kappa shape index (κ2) is 4.12. The van der Waals surface area contributed by atoms with E-state index in [0.29, 0.717) is 30.1 Å². The van der Waals surface area contributed by atoms with Crippen LogP contribution in [0.5, 0.6) is 0 Å². The second-order valence-electron chi connectivity index (χ2n) is 4.97. The summed E-state index contributed by atoms with van der Waals surface area (Å²) in [6.45, 7) is 7.85. The van der Waals surface area contributed by atoms with Gasteiger partial charge in [0.1, 0.15) is 16.9 Å². The number of aromatic nitrogens is 1. The minimum absolute atomic E-state index is 0.145. The molecule has 6 heteroatoms. The Labute approximate surface area is 105 Å². The number of nitrogens with one attached hydrogen (secondary N) is 1. The van der Waals surface area contributed by atoms with Crippen LogP contribution in [0.15, 0.2) is 4.52 Å². The van der Waals surface area contributed by atoms with E-state index in [2.05, 4.69) is 10.5 Å². The second-order valence-corrected chi connectivity index (χ2v) is 4.97. The minimum Gasteiger partial charge on any atom is -0.361 e. The molecule has 0 bridgehead atoms. The quantitative estimate of drug-likeness (QED) is 0.794. The zero-order valence-corrected chi connectivity index (χ0v) is 11.0. The van der Waals surface area contributed by atoms with Crippen LogP contribution in [0.3, 0.4) is 0 Å². The van der Waals surface area contributed by atoms with Gasteiger partial charge in [-0.1, -0.05) is 5.16 Å². The maximum absolute atomic E-state index is 12.5. The fourth-order valence-electron chi connectivity index (χ4n) is 2.18. The Bertz CT molecular complexity index is 485. The molecule has 2 rings (SSSR count). The number of carbonyl (C=O) groups excluding carboxylic acids is 2. The van der Waals surface area contributed by atoms with Gasteiger partial charge in [-0.05, 0) is 27.7 Å². The normalized spacial score (nSPS) is 18.7. The summed E-state index contributed by atoms with van der Waals surface area (Å²) >= 11 is 0. The molecule has 1 saturated heterocycles. The van der Waals surface area contributed by atoms with Crippen molar-refractivity contribution in [2.75, 3.05) is 13.1 Å². The summed E-state index contributed by atoms with van der Waals surface area (Å²) < 4.78 is 5.00. The van der Waals surface area contributed by atoms with Crippen LogP contribution in [0.25, 0.3) is 0 Å². The van der Waals surface area contributed by atoms with Crippen molar-refractivity contribution in [1.82, 2.24) is 15.4 Å². The van der Waals surface area contributed by atoms with Crippen LogP contribution in [-0.2, 0) is 4.79 Å². The molecule has 1 aromatic rings. The van der Waals surface area contributed by atoms with E-state index in [9.17, 15) is 9.59 Å². The molecule has 2 heterocycles. The van der Waals surface area contributed by atoms with Crippen molar-refractivity contribution in [1.29, 1.82) is 0 Å². The van der Waals surface area contributed by atoms with Crippen molar-refractivity contribution in [3.05, 3.63) is 17.0 Å². The van der Waals surface area contributed by atoms with Crippen LogP contribution in [0, 0.1) is 13.8 Å². The topological polar surface area (TPSA) is 75.4 Å². The van der Waals surface area contributed by atoms with Gasteiger partial charge in [-0.15, -0.1) is 0 Å². The van der Waals surface area contributed by atoms with Crippen molar-refractivity contribution < 1.29 is 14.1 Å². The zero-order chi connectivity index (χ0) is 13.5. The molecule has 1 N–H and O–H groups in total. The average molecular weight is 251 g/mol. The monoisotopic (exact) mass is 251 g/mol. The highest BCUT2D eigenvalue weighted by atomic mass is 16.5. The first-order valence-corrected chi connectivity index (χ1v) is 5.89. The number of hydrogen-bond donors (Lipinski definition) is 1. The maximum Gasteiger partial charge on any atom is 0.260 e. The van der Waals surface area contributed by atoms with Crippen LogP contribution in [0.1, 0.15) is 35.7 Å². The van der Waals surface area contributed by atoms with Gasteiger partial charge >= 0.3 is 0 Å². The summed E-state index contributed by atoms with van der Waals surface area (Å²) in [4.78, 5) is 25.9. The third-order valence-corrected chi connectivity index (χ3v) is 3.34.